The van der Waals surface area contributed by atoms with Crippen molar-refractivity contribution in [2.75, 3.05) is 0 Å². The first-order valence-electron chi connectivity index (χ1n) is 9.49. The summed E-state index contributed by atoms with van der Waals surface area (Å²) in [6.45, 7) is 0. The van der Waals surface area contributed by atoms with Gasteiger partial charge in [0.2, 0.25) is 5.91 Å². The number of hydrogen-bond acceptors (Lipinski definition) is 2. The highest BCUT2D eigenvalue weighted by Crippen LogP contribution is 2.42. The number of nitrogens with two attached hydrogens (primary N) is 1. The van der Waals surface area contributed by atoms with Gasteiger partial charge in [-0.05, 0) is 56.3 Å². The zero-order chi connectivity index (χ0) is 17.3. The van der Waals surface area contributed by atoms with E-state index in [0.717, 1.165) is 38.5 Å². The fourth-order valence-electron chi connectivity index (χ4n) is 5.21. The lowest BCUT2D eigenvalue weighted by atomic mass is 9.65. The third-order valence-corrected chi connectivity index (χ3v) is 6.56. The maximum absolute atomic E-state index is 13.5. The highest BCUT2D eigenvalue weighted by Gasteiger charge is 2.47. The highest BCUT2D eigenvalue weighted by molar-refractivity contribution is 5.79. The Hall–Kier alpha value is -0.780. The number of carbonyl (C=O) groups excluding carboxylic acids is 1. The van der Waals surface area contributed by atoms with Crippen LogP contribution in [0.3, 0.4) is 0 Å². The molecule has 3 rings (SSSR count). The number of carbonyl (C=O) groups is 1. The molecular formula is C18H29F3N2O. The third-order valence-electron chi connectivity index (χ3n) is 6.56. The van der Waals surface area contributed by atoms with Crippen LogP contribution in [0, 0.1) is 23.7 Å². The van der Waals surface area contributed by atoms with Crippen LogP contribution in [-0.2, 0) is 4.79 Å². The summed E-state index contributed by atoms with van der Waals surface area (Å²) in [5.41, 5.74) is 6.22. The van der Waals surface area contributed by atoms with Crippen LogP contribution in [0.4, 0.5) is 13.2 Å². The van der Waals surface area contributed by atoms with Crippen LogP contribution < -0.4 is 11.1 Å². The molecule has 0 aromatic rings. The van der Waals surface area contributed by atoms with Crippen molar-refractivity contribution >= 4 is 5.91 Å². The van der Waals surface area contributed by atoms with Gasteiger partial charge in [-0.1, -0.05) is 25.7 Å². The van der Waals surface area contributed by atoms with Crippen LogP contribution in [-0.4, -0.2) is 24.2 Å². The molecule has 24 heavy (non-hydrogen) atoms. The Morgan fingerprint density at radius 3 is 2.08 bits per heavy atom. The lowest BCUT2D eigenvalue weighted by Crippen LogP contribution is -2.54. The monoisotopic (exact) mass is 346 g/mol. The van der Waals surface area contributed by atoms with E-state index in [1.807, 2.05) is 0 Å². The van der Waals surface area contributed by atoms with E-state index in [0.29, 0.717) is 37.5 Å². The average molecular weight is 346 g/mol. The Bertz CT molecular complexity index is 434. The number of amides is 1. The molecule has 3 unspecified atom stereocenters. The van der Waals surface area contributed by atoms with Gasteiger partial charge in [0, 0.05) is 12.0 Å². The first kappa shape index (κ1) is 18.0. The van der Waals surface area contributed by atoms with Crippen LogP contribution in [0.2, 0.25) is 0 Å². The van der Waals surface area contributed by atoms with Crippen molar-refractivity contribution in [3.63, 3.8) is 0 Å². The van der Waals surface area contributed by atoms with Crippen molar-refractivity contribution in [2.45, 2.75) is 82.5 Å². The number of alkyl halides is 3. The molecule has 3 saturated carbocycles. The summed E-state index contributed by atoms with van der Waals surface area (Å²) in [4.78, 5) is 12.6. The number of hydrogen-bond donors (Lipinski definition) is 2. The second-order valence-electron chi connectivity index (χ2n) is 8.12. The smallest absolute Gasteiger partial charge is 0.344 e. The summed E-state index contributed by atoms with van der Waals surface area (Å²) in [6, 6.07) is -1.56. The van der Waals surface area contributed by atoms with Crippen LogP contribution >= 0.6 is 0 Å². The van der Waals surface area contributed by atoms with E-state index >= 15 is 0 Å². The molecule has 6 heteroatoms. The predicted molar refractivity (Wildman–Crippen MR) is 86.1 cm³/mol. The zero-order valence-electron chi connectivity index (χ0n) is 14.2. The van der Waals surface area contributed by atoms with Gasteiger partial charge in [0.25, 0.3) is 0 Å². The lowest BCUT2D eigenvalue weighted by Gasteiger charge is -2.44. The number of rotatable bonds is 3. The molecular weight excluding hydrogens is 317 g/mol. The molecule has 0 aromatic carbocycles. The summed E-state index contributed by atoms with van der Waals surface area (Å²) >= 11 is 0. The molecule has 138 valence electrons. The van der Waals surface area contributed by atoms with E-state index < -0.39 is 24.0 Å². The standard InChI is InChI=1S/C18H29F3N2O/c19-18(20,21)16(11-5-2-1-3-6-11)23-17(24)14-9-12-7-4-8-13(10-14)15(12)22/h11-16H,1-10,22H2,(H,23,24). The lowest BCUT2D eigenvalue weighted by molar-refractivity contribution is -0.176. The summed E-state index contributed by atoms with van der Waals surface area (Å²) in [5, 5.41) is 2.40. The molecule has 0 aliphatic heterocycles. The minimum absolute atomic E-state index is 0.125. The minimum Gasteiger partial charge on any atom is -0.344 e. The molecule has 3 atom stereocenters. The van der Waals surface area contributed by atoms with Crippen molar-refractivity contribution in [2.24, 2.45) is 29.4 Å². The normalized spacial score (nSPS) is 36.2. The topological polar surface area (TPSA) is 55.1 Å². The van der Waals surface area contributed by atoms with Crippen molar-refractivity contribution in [3.8, 4) is 0 Å². The number of halogens is 3. The summed E-state index contributed by atoms with van der Waals surface area (Å²) in [5.74, 6) is -0.562. The molecule has 0 radical (unpaired) electrons. The Balaban J connectivity index is 1.65. The van der Waals surface area contributed by atoms with Crippen LogP contribution in [0.25, 0.3) is 0 Å². The molecule has 3 nitrogen and oxygen atoms in total. The maximum atomic E-state index is 13.5. The van der Waals surface area contributed by atoms with E-state index in [1.54, 1.807) is 0 Å². The van der Waals surface area contributed by atoms with Crippen LogP contribution in [0.15, 0.2) is 0 Å². The van der Waals surface area contributed by atoms with Crippen molar-refractivity contribution in [1.29, 1.82) is 0 Å². The minimum atomic E-state index is -4.36. The molecule has 3 aliphatic rings. The molecule has 0 saturated heterocycles. The molecule has 0 heterocycles. The summed E-state index contributed by atoms with van der Waals surface area (Å²) in [6.07, 6.45) is 3.86. The van der Waals surface area contributed by atoms with Gasteiger partial charge in [-0.3, -0.25) is 4.79 Å². The van der Waals surface area contributed by atoms with Gasteiger partial charge in [0.1, 0.15) is 6.04 Å². The van der Waals surface area contributed by atoms with Gasteiger partial charge < -0.3 is 11.1 Å². The first-order chi connectivity index (χ1) is 11.4. The molecule has 0 aromatic heterocycles. The predicted octanol–water partition coefficient (Wildman–Crippen LogP) is 3.77. The Morgan fingerprint density at radius 2 is 1.54 bits per heavy atom. The van der Waals surface area contributed by atoms with Gasteiger partial charge in [-0.15, -0.1) is 0 Å². The Labute approximate surface area is 141 Å². The van der Waals surface area contributed by atoms with Crippen molar-refractivity contribution in [1.82, 2.24) is 5.32 Å². The summed E-state index contributed by atoms with van der Waals surface area (Å²) < 4.78 is 40.5. The zero-order valence-corrected chi connectivity index (χ0v) is 14.2. The summed E-state index contributed by atoms with van der Waals surface area (Å²) in [7, 11) is 0. The molecule has 2 bridgehead atoms. The first-order valence-corrected chi connectivity index (χ1v) is 9.49. The molecule has 1 amide bonds. The van der Waals surface area contributed by atoms with Gasteiger partial charge in [-0.25, -0.2) is 0 Å². The van der Waals surface area contributed by atoms with E-state index in [9.17, 15) is 18.0 Å². The maximum Gasteiger partial charge on any atom is 0.408 e. The fourth-order valence-corrected chi connectivity index (χ4v) is 5.21. The van der Waals surface area contributed by atoms with E-state index in [-0.39, 0.29) is 12.0 Å². The molecule has 0 spiro atoms. The van der Waals surface area contributed by atoms with Gasteiger partial charge in [-0.2, -0.15) is 13.2 Å². The SMILES string of the molecule is NC1C2CCCC1CC(C(=O)NC(C1CCCCC1)C(F)(F)F)C2. The Morgan fingerprint density at radius 1 is 0.958 bits per heavy atom. The second kappa shape index (κ2) is 7.22. The van der Waals surface area contributed by atoms with Gasteiger partial charge in [0.15, 0.2) is 0 Å². The van der Waals surface area contributed by atoms with Gasteiger partial charge >= 0.3 is 6.18 Å². The molecule has 3 fully saturated rings. The molecule has 3 N–H and O–H groups in total. The average Bonchev–Trinajstić information content (AvgIpc) is 2.52. The third kappa shape index (κ3) is 3.89. The van der Waals surface area contributed by atoms with Gasteiger partial charge in [0.05, 0.1) is 0 Å². The largest absolute Gasteiger partial charge is 0.408 e. The quantitative estimate of drug-likeness (QED) is 0.817. The van der Waals surface area contributed by atoms with E-state index in [2.05, 4.69) is 5.32 Å². The van der Waals surface area contributed by atoms with Crippen molar-refractivity contribution in [3.05, 3.63) is 0 Å². The fraction of sp³-hybridized carbons (Fsp3) is 0.944. The van der Waals surface area contributed by atoms with E-state index in [1.165, 1.54) is 0 Å². The highest BCUT2D eigenvalue weighted by atomic mass is 19.4. The van der Waals surface area contributed by atoms with E-state index in [4.69, 9.17) is 5.73 Å². The second-order valence-corrected chi connectivity index (χ2v) is 8.12. The number of fused-ring (bicyclic) bond motifs is 2. The van der Waals surface area contributed by atoms with Crippen LogP contribution in [0.5, 0.6) is 0 Å². The van der Waals surface area contributed by atoms with Crippen molar-refractivity contribution < 1.29 is 18.0 Å². The number of nitrogens with one attached hydrogen (secondary N) is 1. The van der Waals surface area contributed by atoms with Crippen LogP contribution in [0.1, 0.15) is 64.2 Å². The molecule has 3 aliphatic carbocycles. The Kier molecular flexibility index (Phi) is 5.42.